The normalized spacial score (nSPS) is 13.1. The van der Waals surface area contributed by atoms with Gasteiger partial charge in [0.1, 0.15) is 0 Å². The predicted molar refractivity (Wildman–Crippen MR) is 63.8 cm³/mol. The zero-order valence-electron chi connectivity index (χ0n) is 9.86. The third-order valence-electron chi connectivity index (χ3n) is 2.58. The van der Waals surface area contributed by atoms with Gasteiger partial charge in [0.05, 0.1) is 13.2 Å². The summed E-state index contributed by atoms with van der Waals surface area (Å²) in [5.74, 6) is 0.603. The first-order valence-electron chi connectivity index (χ1n) is 5.53. The minimum Gasteiger partial charge on any atom is -0.375 e. The number of likely N-dealkylation sites (N-methyl/N-ethyl adjacent to an activating group) is 1. The van der Waals surface area contributed by atoms with E-state index in [0.717, 1.165) is 6.61 Å². The third kappa shape index (κ3) is 4.45. The summed E-state index contributed by atoms with van der Waals surface area (Å²) in [4.78, 5) is 0. The Morgan fingerprint density at radius 2 is 1.87 bits per heavy atom. The summed E-state index contributed by atoms with van der Waals surface area (Å²) in [5.41, 5.74) is 1.23. The van der Waals surface area contributed by atoms with Gasteiger partial charge >= 0.3 is 0 Å². The van der Waals surface area contributed by atoms with Gasteiger partial charge in [0.2, 0.25) is 0 Å². The molecule has 0 bridgehead atoms. The van der Waals surface area contributed by atoms with E-state index in [1.54, 1.807) is 0 Å². The lowest BCUT2D eigenvalue weighted by molar-refractivity contribution is 0.0886. The van der Waals surface area contributed by atoms with Crippen molar-refractivity contribution in [3.05, 3.63) is 35.9 Å². The number of hydrogen-bond acceptors (Lipinski definition) is 2. The van der Waals surface area contributed by atoms with Crippen molar-refractivity contribution < 1.29 is 4.74 Å². The maximum atomic E-state index is 5.67. The molecular formula is C13H21NO. The third-order valence-corrected chi connectivity index (χ3v) is 2.58. The Morgan fingerprint density at radius 1 is 1.20 bits per heavy atom. The molecule has 0 saturated heterocycles. The minimum atomic E-state index is 0.439. The van der Waals surface area contributed by atoms with E-state index in [2.05, 4.69) is 31.3 Å². The van der Waals surface area contributed by atoms with Crippen molar-refractivity contribution in [2.45, 2.75) is 26.5 Å². The largest absolute Gasteiger partial charge is 0.375 e. The lowest BCUT2D eigenvalue weighted by atomic mass is 10.1. The Hall–Kier alpha value is -0.860. The molecule has 0 radical (unpaired) electrons. The van der Waals surface area contributed by atoms with Crippen LogP contribution in [0.3, 0.4) is 0 Å². The highest BCUT2D eigenvalue weighted by Gasteiger charge is 2.10. The fourth-order valence-electron chi connectivity index (χ4n) is 1.49. The number of benzene rings is 1. The van der Waals surface area contributed by atoms with Gasteiger partial charge in [-0.2, -0.15) is 0 Å². The summed E-state index contributed by atoms with van der Waals surface area (Å²) in [6, 6.07) is 10.7. The minimum absolute atomic E-state index is 0.439. The summed E-state index contributed by atoms with van der Waals surface area (Å²) >= 11 is 0. The quantitative estimate of drug-likeness (QED) is 0.773. The Morgan fingerprint density at radius 3 is 2.40 bits per heavy atom. The molecule has 1 aromatic rings. The number of rotatable bonds is 6. The van der Waals surface area contributed by atoms with Gasteiger partial charge in [0.15, 0.2) is 0 Å². The number of hydrogen-bond donors (Lipinski definition) is 1. The average molecular weight is 207 g/mol. The van der Waals surface area contributed by atoms with E-state index in [4.69, 9.17) is 4.74 Å². The molecule has 0 heterocycles. The molecule has 2 nitrogen and oxygen atoms in total. The molecule has 0 amide bonds. The molecule has 15 heavy (non-hydrogen) atoms. The van der Waals surface area contributed by atoms with Crippen molar-refractivity contribution >= 4 is 0 Å². The highest BCUT2D eigenvalue weighted by atomic mass is 16.5. The van der Waals surface area contributed by atoms with E-state index >= 15 is 0 Å². The first kappa shape index (κ1) is 12.2. The summed E-state index contributed by atoms with van der Waals surface area (Å²) < 4.78 is 5.67. The number of nitrogens with one attached hydrogen (secondary N) is 1. The van der Waals surface area contributed by atoms with Crippen LogP contribution in [0.1, 0.15) is 19.4 Å². The van der Waals surface area contributed by atoms with E-state index < -0.39 is 0 Å². The van der Waals surface area contributed by atoms with Crippen LogP contribution >= 0.6 is 0 Å². The zero-order valence-corrected chi connectivity index (χ0v) is 9.86. The summed E-state index contributed by atoms with van der Waals surface area (Å²) in [6.07, 6.45) is 0. The van der Waals surface area contributed by atoms with Gasteiger partial charge < -0.3 is 10.1 Å². The maximum Gasteiger partial charge on any atom is 0.0717 e. The highest BCUT2D eigenvalue weighted by molar-refractivity contribution is 5.13. The fourth-order valence-corrected chi connectivity index (χ4v) is 1.49. The van der Waals surface area contributed by atoms with Crippen LogP contribution in [0.5, 0.6) is 0 Å². The van der Waals surface area contributed by atoms with Gasteiger partial charge in [-0.15, -0.1) is 0 Å². The Bertz CT molecular complexity index is 258. The first-order valence-corrected chi connectivity index (χ1v) is 5.53. The molecule has 0 aromatic heterocycles. The van der Waals surface area contributed by atoms with Crippen molar-refractivity contribution in [3.63, 3.8) is 0 Å². The summed E-state index contributed by atoms with van der Waals surface area (Å²) in [6.45, 7) is 5.87. The molecule has 0 aliphatic heterocycles. The topological polar surface area (TPSA) is 21.3 Å². The van der Waals surface area contributed by atoms with Crippen molar-refractivity contribution in [1.29, 1.82) is 0 Å². The van der Waals surface area contributed by atoms with E-state index in [0.29, 0.717) is 18.6 Å². The van der Waals surface area contributed by atoms with E-state index in [-0.39, 0.29) is 0 Å². The lowest BCUT2D eigenvalue weighted by Crippen LogP contribution is -2.35. The molecule has 84 valence electrons. The Balaban J connectivity index is 2.27. The molecule has 1 atom stereocenters. The van der Waals surface area contributed by atoms with E-state index in [1.165, 1.54) is 5.56 Å². The van der Waals surface area contributed by atoms with E-state index in [9.17, 15) is 0 Å². The standard InChI is InChI=1S/C13H21NO/c1-11(2)13(14-3)10-15-9-12-7-5-4-6-8-12/h4-8,11,13-14H,9-10H2,1-3H3. The molecule has 2 heteroatoms. The lowest BCUT2D eigenvalue weighted by Gasteiger charge is -2.19. The Labute approximate surface area is 92.6 Å². The maximum absolute atomic E-state index is 5.67. The van der Waals surface area contributed by atoms with Gasteiger partial charge in [0, 0.05) is 6.04 Å². The van der Waals surface area contributed by atoms with Crippen LogP contribution in [0.4, 0.5) is 0 Å². The second kappa shape index (κ2) is 6.59. The summed E-state index contributed by atoms with van der Waals surface area (Å²) in [5, 5.41) is 3.26. The molecule has 0 saturated carbocycles. The molecule has 1 N–H and O–H groups in total. The van der Waals surface area contributed by atoms with Crippen molar-refractivity contribution in [3.8, 4) is 0 Å². The van der Waals surface area contributed by atoms with Crippen molar-refractivity contribution in [2.75, 3.05) is 13.7 Å². The van der Waals surface area contributed by atoms with Gasteiger partial charge in [-0.05, 0) is 18.5 Å². The summed E-state index contributed by atoms with van der Waals surface area (Å²) in [7, 11) is 1.98. The van der Waals surface area contributed by atoms with Crippen LogP contribution in [0, 0.1) is 5.92 Å². The van der Waals surface area contributed by atoms with E-state index in [1.807, 2.05) is 25.2 Å². The van der Waals surface area contributed by atoms with Gasteiger partial charge in [-0.25, -0.2) is 0 Å². The molecular weight excluding hydrogens is 186 g/mol. The molecule has 0 spiro atoms. The molecule has 1 aromatic carbocycles. The van der Waals surface area contributed by atoms with Crippen LogP contribution in [-0.4, -0.2) is 19.7 Å². The van der Waals surface area contributed by atoms with Crippen LogP contribution in [-0.2, 0) is 11.3 Å². The smallest absolute Gasteiger partial charge is 0.0717 e. The van der Waals surface area contributed by atoms with Crippen LogP contribution in [0.2, 0.25) is 0 Å². The van der Waals surface area contributed by atoms with Gasteiger partial charge in [0.25, 0.3) is 0 Å². The first-order chi connectivity index (χ1) is 7.24. The van der Waals surface area contributed by atoms with Gasteiger partial charge in [-0.1, -0.05) is 44.2 Å². The molecule has 0 fully saturated rings. The highest BCUT2D eigenvalue weighted by Crippen LogP contribution is 2.04. The van der Waals surface area contributed by atoms with Crippen LogP contribution in [0.15, 0.2) is 30.3 Å². The molecule has 1 rings (SSSR count). The van der Waals surface area contributed by atoms with Crippen LogP contribution in [0.25, 0.3) is 0 Å². The van der Waals surface area contributed by atoms with Crippen molar-refractivity contribution in [2.24, 2.45) is 5.92 Å². The molecule has 1 unspecified atom stereocenters. The predicted octanol–water partition coefficient (Wildman–Crippen LogP) is 2.45. The number of ether oxygens (including phenoxy) is 1. The second-order valence-electron chi connectivity index (χ2n) is 4.14. The Kier molecular flexibility index (Phi) is 5.37. The monoisotopic (exact) mass is 207 g/mol. The molecule has 0 aliphatic rings. The zero-order chi connectivity index (χ0) is 11.1. The van der Waals surface area contributed by atoms with Gasteiger partial charge in [-0.3, -0.25) is 0 Å². The van der Waals surface area contributed by atoms with Crippen LogP contribution < -0.4 is 5.32 Å². The SMILES string of the molecule is CNC(COCc1ccccc1)C(C)C. The molecule has 0 aliphatic carbocycles. The second-order valence-corrected chi connectivity index (χ2v) is 4.14. The fraction of sp³-hybridized carbons (Fsp3) is 0.538. The van der Waals surface area contributed by atoms with Crippen molar-refractivity contribution in [1.82, 2.24) is 5.32 Å². The average Bonchev–Trinajstić information content (AvgIpc) is 2.25.